The second-order valence-corrected chi connectivity index (χ2v) is 17.3. The molecule has 3 unspecified atom stereocenters. The van der Waals surface area contributed by atoms with Crippen LogP contribution in [0.5, 0.6) is 0 Å². The lowest BCUT2D eigenvalue weighted by Crippen LogP contribution is -2.25. The van der Waals surface area contributed by atoms with Gasteiger partial charge in [0.15, 0.2) is 0 Å². The third-order valence-electron chi connectivity index (χ3n) is 12.1. The van der Waals surface area contributed by atoms with E-state index < -0.39 is 0 Å². The van der Waals surface area contributed by atoms with Gasteiger partial charge in [-0.3, -0.25) is 0 Å². The lowest BCUT2D eigenvalue weighted by Gasteiger charge is -2.31. The number of hydrogen-bond acceptors (Lipinski definition) is 3. The van der Waals surface area contributed by atoms with E-state index in [0.29, 0.717) is 5.92 Å². The van der Waals surface area contributed by atoms with Gasteiger partial charge in [0.05, 0.1) is 17.1 Å². The Hall–Kier alpha value is -5.81. The molecule has 2 nitrogen and oxygen atoms in total. The molecule has 0 radical (unpaired) electrons. The van der Waals surface area contributed by atoms with E-state index in [1.165, 1.54) is 96.6 Å². The van der Waals surface area contributed by atoms with Crippen LogP contribution in [0.2, 0.25) is 0 Å². The molecule has 12 rings (SSSR count). The fourth-order valence-corrected chi connectivity index (χ4v) is 12.1. The van der Waals surface area contributed by atoms with Crippen molar-refractivity contribution in [3.8, 4) is 5.69 Å². The standard InChI is InChI=1S/C51H36N2S2/c1-2-12-31(13-3-1)40-30-43(52-42-19-7-4-14-35(40)42)38-18-11-23-48-51(38)39-26-24-32(28-49(39)55-48)34-17-10-22-47-50(34)41-29-33(25-27-46(41)54-47)53-44-20-8-5-15-36(44)37-16-6-9-21-45(37)53/h1-6,8-18,20-30,34,43,50,52H,7,19H2. The van der Waals surface area contributed by atoms with Gasteiger partial charge in [0.1, 0.15) is 0 Å². The van der Waals surface area contributed by atoms with Crippen molar-refractivity contribution in [2.45, 2.75) is 35.6 Å². The molecule has 4 heterocycles. The molecule has 1 N–H and O–H groups in total. The zero-order valence-corrected chi connectivity index (χ0v) is 31.7. The Morgan fingerprint density at radius 2 is 1.51 bits per heavy atom. The summed E-state index contributed by atoms with van der Waals surface area (Å²) in [5, 5.41) is 9.31. The van der Waals surface area contributed by atoms with Gasteiger partial charge in [0.2, 0.25) is 0 Å². The number of nitrogens with zero attached hydrogens (tertiary/aromatic N) is 1. The Morgan fingerprint density at radius 3 is 2.36 bits per heavy atom. The maximum atomic E-state index is 3.99. The lowest BCUT2D eigenvalue weighted by molar-refractivity contribution is 0.665. The van der Waals surface area contributed by atoms with Crippen molar-refractivity contribution in [3.63, 3.8) is 0 Å². The van der Waals surface area contributed by atoms with Crippen LogP contribution in [0.15, 0.2) is 191 Å². The summed E-state index contributed by atoms with van der Waals surface area (Å²) >= 11 is 3.88. The molecule has 55 heavy (non-hydrogen) atoms. The van der Waals surface area contributed by atoms with Crippen LogP contribution in [0.4, 0.5) is 0 Å². The number of rotatable bonds is 4. The first-order valence-electron chi connectivity index (χ1n) is 19.3. The molecule has 0 fully saturated rings. The van der Waals surface area contributed by atoms with Crippen LogP contribution in [-0.4, -0.2) is 4.57 Å². The molecule has 2 aliphatic carbocycles. The Morgan fingerprint density at radius 1 is 0.691 bits per heavy atom. The number of aromatic nitrogens is 1. The first-order valence-corrected chi connectivity index (χ1v) is 21.0. The minimum absolute atomic E-state index is 0.103. The predicted molar refractivity (Wildman–Crippen MR) is 234 cm³/mol. The number of nitrogens with one attached hydrogen (secondary N) is 1. The monoisotopic (exact) mass is 740 g/mol. The molecule has 2 aromatic heterocycles. The van der Waals surface area contributed by atoms with E-state index in [1.54, 1.807) is 0 Å². The van der Waals surface area contributed by atoms with Gasteiger partial charge in [-0.25, -0.2) is 0 Å². The molecule has 0 amide bonds. The first kappa shape index (κ1) is 31.5. The molecule has 8 aromatic rings. The van der Waals surface area contributed by atoms with Crippen LogP contribution in [0, 0.1) is 0 Å². The van der Waals surface area contributed by atoms with E-state index in [9.17, 15) is 0 Å². The number of fused-ring (bicyclic) bond motifs is 9. The molecular formula is C51H36N2S2. The Kier molecular flexibility index (Phi) is 7.08. The van der Waals surface area contributed by atoms with Crippen molar-refractivity contribution in [2.24, 2.45) is 0 Å². The van der Waals surface area contributed by atoms with E-state index in [0.717, 1.165) is 12.8 Å². The van der Waals surface area contributed by atoms with Crippen LogP contribution >= 0.6 is 23.1 Å². The van der Waals surface area contributed by atoms with Gasteiger partial charge in [0.25, 0.3) is 0 Å². The smallest absolute Gasteiger partial charge is 0.0710 e. The predicted octanol–water partition coefficient (Wildman–Crippen LogP) is 13.9. The normalized spacial score (nSPS) is 20.1. The summed E-state index contributed by atoms with van der Waals surface area (Å²) in [6, 6.07) is 50.0. The van der Waals surface area contributed by atoms with Crippen molar-refractivity contribution >= 4 is 70.6 Å². The van der Waals surface area contributed by atoms with Gasteiger partial charge in [-0.05, 0) is 94.1 Å². The number of thioether (sulfide) groups is 1. The van der Waals surface area contributed by atoms with Gasteiger partial charge in [-0.2, -0.15) is 0 Å². The highest BCUT2D eigenvalue weighted by atomic mass is 32.2. The number of allylic oxidation sites excluding steroid dienone is 9. The van der Waals surface area contributed by atoms with Gasteiger partial charge in [0, 0.05) is 64.6 Å². The average Bonchev–Trinajstić information content (AvgIpc) is 3.92. The highest BCUT2D eigenvalue weighted by molar-refractivity contribution is 8.03. The summed E-state index contributed by atoms with van der Waals surface area (Å²) < 4.78 is 5.16. The third kappa shape index (κ3) is 4.88. The van der Waals surface area contributed by atoms with Crippen LogP contribution in [0.1, 0.15) is 53.0 Å². The maximum Gasteiger partial charge on any atom is 0.0710 e. The summed E-state index contributed by atoms with van der Waals surface area (Å²) in [5.74, 6) is 0.553. The molecule has 0 bridgehead atoms. The van der Waals surface area contributed by atoms with Gasteiger partial charge < -0.3 is 9.88 Å². The number of dihydropyridines is 1. The first-order chi connectivity index (χ1) is 27.3. The van der Waals surface area contributed by atoms with Crippen LogP contribution in [-0.2, 0) is 0 Å². The highest BCUT2D eigenvalue weighted by Crippen LogP contribution is 2.57. The fourth-order valence-electron chi connectivity index (χ4n) is 9.67. The number of hydrogen-bond donors (Lipinski definition) is 1. The second-order valence-electron chi connectivity index (χ2n) is 15.1. The van der Waals surface area contributed by atoms with Crippen molar-refractivity contribution in [3.05, 3.63) is 208 Å². The Bertz CT molecular complexity index is 3000. The molecule has 0 saturated carbocycles. The molecule has 3 atom stereocenters. The van der Waals surface area contributed by atoms with Gasteiger partial charge in [-0.1, -0.05) is 133 Å². The molecule has 0 saturated heterocycles. The number of para-hydroxylation sites is 2. The van der Waals surface area contributed by atoms with Gasteiger partial charge >= 0.3 is 0 Å². The summed E-state index contributed by atoms with van der Waals surface area (Å²) in [6.45, 7) is 0. The topological polar surface area (TPSA) is 17.0 Å². The largest absolute Gasteiger partial charge is 0.377 e. The molecule has 2 aliphatic heterocycles. The van der Waals surface area contributed by atoms with Crippen LogP contribution in [0.3, 0.4) is 0 Å². The van der Waals surface area contributed by atoms with E-state index in [2.05, 4.69) is 180 Å². The molecule has 262 valence electrons. The number of benzene rings is 6. The molecule has 4 aliphatic rings. The lowest BCUT2D eigenvalue weighted by atomic mass is 9.78. The van der Waals surface area contributed by atoms with E-state index >= 15 is 0 Å². The van der Waals surface area contributed by atoms with Crippen molar-refractivity contribution in [1.82, 2.24) is 9.88 Å². The van der Waals surface area contributed by atoms with Crippen molar-refractivity contribution < 1.29 is 0 Å². The van der Waals surface area contributed by atoms with Gasteiger partial charge in [-0.15, -0.1) is 11.3 Å². The highest BCUT2D eigenvalue weighted by Gasteiger charge is 2.36. The summed E-state index contributed by atoms with van der Waals surface area (Å²) in [7, 11) is 0. The molecule has 4 heteroatoms. The maximum absolute atomic E-state index is 3.99. The molecule has 6 aromatic carbocycles. The van der Waals surface area contributed by atoms with Crippen molar-refractivity contribution in [2.75, 3.05) is 0 Å². The molecular weight excluding hydrogens is 705 g/mol. The SMILES string of the molecule is C1=CC(c2ccc3c(c2)sc2cccc(C4C=C(c5ccccc5)C5=C(CCC=C5)N4)c23)C2C(=C1)Sc1ccc(-n3c4ccccc4c4ccccc43)cc12. The molecule has 0 spiro atoms. The van der Waals surface area contributed by atoms with Crippen molar-refractivity contribution in [1.29, 1.82) is 0 Å². The summed E-state index contributed by atoms with van der Waals surface area (Å²) in [4.78, 5) is 2.81. The zero-order valence-electron chi connectivity index (χ0n) is 30.1. The summed E-state index contributed by atoms with van der Waals surface area (Å²) in [6.07, 6.45) is 16.3. The van der Waals surface area contributed by atoms with E-state index in [1.807, 2.05) is 23.1 Å². The fraction of sp³-hybridized carbons (Fsp3) is 0.0980. The zero-order chi connectivity index (χ0) is 36.0. The van der Waals surface area contributed by atoms with Crippen LogP contribution in [0.25, 0.3) is 53.2 Å². The third-order valence-corrected chi connectivity index (χ3v) is 14.5. The minimum atomic E-state index is 0.103. The Labute approximate surface area is 328 Å². The summed E-state index contributed by atoms with van der Waals surface area (Å²) in [5.41, 5.74) is 13.2. The second kappa shape index (κ2) is 12.4. The van der Waals surface area contributed by atoms with E-state index in [-0.39, 0.29) is 12.0 Å². The quantitative estimate of drug-likeness (QED) is 0.193. The average molecular weight is 741 g/mol. The Balaban J connectivity index is 0.946. The van der Waals surface area contributed by atoms with E-state index in [4.69, 9.17) is 0 Å². The van der Waals surface area contributed by atoms with Crippen LogP contribution < -0.4 is 5.32 Å². The minimum Gasteiger partial charge on any atom is -0.377 e. The number of thiophene rings is 1.